The van der Waals surface area contributed by atoms with Crippen molar-refractivity contribution in [2.45, 2.75) is 6.42 Å². The van der Waals surface area contributed by atoms with Crippen molar-refractivity contribution in [2.75, 3.05) is 24.3 Å². The highest BCUT2D eigenvalue weighted by Gasteiger charge is 2.04. The Morgan fingerprint density at radius 2 is 1.85 bits per heavy atom. The third kappa shape index (κ3) is 5.00. The fourth-order valence-electron chi connectivity index (χ4n) is 2.38. The second kappa shape index (κ2) is 8.74. The van der Waals surface area contributed by atoms with E-state index in [0.717, 1.165) is 29.5 Å². The number of aromatic nitrogens is 2. The Morgan fingerprint density at radius 1 is 1.04 bits per heavy atom. The summed E-state index contributed by atoms with van der Waals surface area (Å²) in [6.07, 6.45) is 2.57. The largest absolute Gasteiger partial charge is 0.495 e. The molecular weight excluding hydrogens is 371 g/mol. The van der Waals surface area contributed by atoms with Gasteiger partial charge in [0.2, 0.25) is 5.95 Å². The van der Waals surface area contributed by atoms with Gasteiger partial charge in [0, 0.05) is 23.5 Å². The van der Waals surface area contributed by atoms with Gasteiger partial charge in [-0.3, -0.25) is 0 Å². The van der Waals surface area contributed by atoms with E-state index in [9.17, 15) is 0 Å². The monoisotopic (exact) mass is 388 g/mol. The Balaban J connectivity index is 1.59. The second-order valence-corrected chi connectivity index (χ2v) is 6.39. The molecule has 3 aromatic rings. The number of hydrogen-bond acceptors (Lipinski definition) is 5. The average Bonchev–Trinajstić information content (AvgIpc) is 2.64. The highest BCUT2D eigenvalue weighted by Crippen LogP contribution is 2.28. The molecule has 0 saturated heterocycles. The minimum atomic E-state index is 0.489. The first-order valence-corrected chi connectivity index (χ1v) is 8.81. The number of rotatable bonds is 7. The molecule has 0 atom stereocenters. The Hall–Kier alpha value is -2.50. The van der Waals surface area contributed by atoms with E-state index in [1.807, 2.05) is 36.4 Å². The quantitative estimate of drug-likeness (QED) is 0.582. The van der Waals surface area contributed by atoms with Crippen LogP contribution < -0.4 is 15.4 Å². The summed E-state index contributed by atoms with van der Waals surface area (Å²) in [5.74, 6) is 1.86. The normalized spacial score (nSPS) is 10.4. The van der Waals surface area contributed by atoms with Gasteiger partial charge in [0.05, 0.1) is 12.1 Å². The molecule has 1 aromatic heterocycles. The van der Waals surface area contributed by atoms with Crippen LogP contribution in [-0.2, 0) is 6.42 Å². The molecule has 2 N–H and O–H groups in total. The predicted molar refractivity (Wildman–Crippen MR) is 107 cm³/mol. The van der Waals surface area contributed by atoms with Gasteiger partial charge in [0.1, 0.15) is 11.6 Å². The van der Waals surface area contributed by atoms with Crippen LogP contribution in [0.4, 0.5) is 17.5 Å². The highest BCUT2D eigenvalue weighted by atomic mass is 35.5. The summed E-state index contributed by atoms with van der Waals surface area (Å²) in [5, 5.41) is 7.69. The van der Waals surface area contributed by atoms with Crippen molar-refractivity contribution in [1.82, 2.24) is 9.97 Å². The van der Waals surface area contributed by atoms with Crippen LogP contribution in [0.15, 0.2) is 54.7 Å². The lowest BCUT2D eigenvalue weighted by atomic mass is 10.1. The molecule has 2 aromatic carbocycles. The summed E-state index contributed by atoms with van der Waals surface area (Å²) in [6.45, 7) is 0.756. The number of halogens is 2. The minimum absolute atomic E-state index is 0.489. The Morgan fingerprint density at radius 3 is 2.58 bits per heavy atom. The molecule has 1 heterocycles. The number of methoxy groups -OCH3 is 1. The van der Waals surface area contributed by atoms with Gasteiger partial charge in [-0.1, -0.05) is 35.3 Å². The molecule has 5 nitrogen and oxygen atoms in total. The molecule has 0 aliphatic carbocycles. The average molecular weight is 389 g/mol. The Labute approximate surface area is 162 Å². The zero-order chi connectivity index (χ0) is 18.4. The molecule has 0 unspecified atom stereocenters. The van der Waals surface area contributed by atoms with Gasteiger partial charge in [-0.25, -0.2) is 4.98 Å². The number of ether oxygens (including phenoxy) is 1. The van der Waals surface area contributed by atoms with E-state index in [4.69, 9.17) is 27.9 Å². The standard InChI is InChI=1S/C19H18Cl2N4O/c1-26-17-7-6-15(12-16(17)21)24-19-23-11-9-18(25-19)22-10-8-13-2-4-14(20)5-3-13/h2-7,9,11-12H,8,10H2,1H3,(H2,22,23,24,25). The fourth-order valence-corrected chi connectivity index (χ4v) is 2.76. The van der Waals surface area contributed by atoms with Crippen molar-refractivity contribution >= 4 is 40.7 Å². The molecule has 0 bridgehead atoms. The zero-order valence-corrected chi connectivity index (χ0v) is 15.7. The number of hydrogen-bond donors (Lipinski definition) is 2. The molecule has 0 fully saturated rings. The molecule has 0 radical (unpaired) electrons. The number of nitrogens with one attached hydrogen (secondary N) is 2. The van der Waals surface area contributed by atoms with Crippen molar-refractivity contribution < 1.29 is 4.74 Å². The molecule has 0 spiro atoms. The number of anilines is 3. The first kappa shape index (κ1) is 18.3. The minimum Gasteiger partial charge on any atom is -0.495 e. The first-order chi connectivity index (χ1) is 12.6. The lowest BCUT2D eigenvalue weighted by Gasteiger charge is -2.10. The highest BCUT2D eigenvalue weighted by molar-refractivity contribution is 6.32. The van der Waals surface area contributed by atoms with Crippen molar-refractivity contribution in [3.05, 3.63) is 70.3 Å². The van der Waals surface area contributed by atoms with Crippen molar-refractivity contribution in [3.63, 3.8) is 0 Å². The van der Waals surface area contributed by atoms with Gasteiger partial charge in [0.15, 0.2) is 0 Å². The summed E-state index contributed by atoms with van der Waals surface area (Å²) in [6, 6.07) is 15.1. The topological polar surface area (TPSA) is 59.1 Å². The van der Waals surface area contributed by atoms with Crippen molar-refractivity contribution in [3.8, 4) is 5.75 Å². The molecule has 0 saturated carbocycles. The van der Waals surface area contributed by atoms with Gasteiger partial charge in [0.25, 0.3) is 0 Å². The van der Waals surface area contributed by atoms with Crippen LogP contribution in [-0.4, -0.2) is 23.6 Å². The summed E-state index contributed by atoms with van der Waals surface area (Å²) < 4.78 is 5.15. The first-order valence-electron chi connectivity index (χ1n) is 8.06. The van der Waals surface area contributed by atoms with E-state index in [1.165, 1.54) is 5.56 Å². The third-order valence-corrected chi connectivity index (χ3v) is 4.24. The molecule has 3 rings (SSSR count). The van der Waals surface area contributed by atoms with Gasteiger partial charge in [-0.05, 0) is 48.4 Å². The maximum atomic E-state index is 6.14. The zero-order valence-electron chi connectivity index (χ0n) is 14.2. The van der Waals surface area contributed by atoms with Crippen LogP contribution in [0.25, 0.3) is 0 Å². The Kier molecular flexibility index (Phi) is 6.15. The summed E-state index contributed by atoms with van der Waals surface area (Å²) in [5.41, 5.74) is 2.00. The van der Waals surface area contributed by atoms with Crippen LogP contribution in [0.1, 0.15) is 5.56 Å². The van der Waals surface area contributed by atoms with E-state index in [0.29, 0.717) is 16.7 Å². The molecule has 0 aliphatic rings. The van der Waals surface area contributed by atoms with Gasteiger partial charge >= 0.3 is 0 Å². The molecular formula is C19H18Cl2N4O. The van der Waals surface area contributed by atoms with Crippen molar-refractivity contribution in [2.24, 2.45) is 0 Å². The van der Waals surface area contributed by atoms with Gasteiger partial charge in [-0.15, -0.1) is 0 Å². The van der Waals surface area contributed by atoms with Gasteiger partial charge < -0.3 is 15.4 Å². The lowest BCUT2D eigenvalue weighted by molar-refractivity contribution is 0.415. The molecule has 26 heavy (non-hydrogen) atoms. The second-order valence-electron chi connectivity index (χ2n) is 5.54. The van der Waals surface area contributed by atoms with Crippen LogP contribution in [0.2, 0.25) is 10.0 Å². The maximum absolute atomic E-state index is 6.14. The summed E-state index contributed by atoms with van der Waals surface area (Å²) >= 11 is 12.0. The SMILES string of the molecule is COc1ccc(Nc2nccc(NCCc3ccc(Cl)cc3)n2)cc1Cl. The predicted octanol–water partition coefficient (Wildman–Crippen LogP) is 5.19. The molecule has 0 aliphatic heterocycles. The molecule has 0 amide bonds. The smallest absolute Gasteiger partial charge is 0.229 e. The van der Waals surface area contributed by atoms with E-state index >= 15 is 0 Å². The summed E-state index contributed by atoms with van der Waals surface area (Å²) in [4.78, 5) is 8.69. The number of benzene rings is 2. The maximum Gasteiger partial charge on any atom is 0.229 e. The van der Waals surface area contributed by atoms with Crippen LogP contribution in [0, 0.1) is 0 Å². The van der Waals surface area contributed by atoms with Crippen LogP contribution >= 0.6 is 23.2 Å². The van der Waals surface area contributed by atoms with E-state index in [-0.39, 0.29) is 0 Å². The van der Waals surface area contributed by atoms with E-state index in [2.05, 4.69) is 20.6 Å². The third-order valence-electron chi connectivity index (χ3n) is 3.70. The summed E-state index contributed by atoms with van der Waals surface area (Å²) in [7, 11) is 1.58. The van der Waals surface area contributed by atoms with Crippen LogP contribution in [0.3, 0.4) is 0 Å². The van der Waals surface area contributed by atoms with E-state index < -0.39 is 0 Å². The fraction of sp³-hybridized carbons (Fsp3) is 0.158. The lowest BCUT2D eigenvalue weighted by Crippen LogP contribution is -2.07. The van der Waals surface area contributed by atoms with Crippen LogP contribution in [0.5, 0.6) is 5.75 Å². The molecule has 7 heteroatoms. The van der Waals surface area contributed by atoms with Gasteiger partial charge in [-0.2, -0.15) is 4.98 Å². The Bertz CT molecular complexity index is 872. The number of nitrogens with zero attached hydrogens (tertiary/aromatic N) is 2. The van der Waals surface area contributed by atoms with Crippen molar-refractivity contribution in [1.29, 1.82) is 0 Å². The molecule has 134 valence electrons. The van der Waals surface area contributed by atoms with E-state index in [1.54, 1.807) is 25.4 Å².